The van der Waals surface area contributed by atoms with Gasteiger partial charge in [-0.05, 0) is 23.3 Å². The van der Waals surface area contributed by atoms with Crippen LogP contribution >= 0.6 is 0 Å². The van der Waals surface area contributed by atoms with Gasteiger partial charge in [-0.25, -0.2) is 0 Å². The van der Waals surface area contributed by atoms with E-state index in [2.05, 4.69) is 29.2 Å². The molecule has 0 amide bonds. The number of rotatable bonds is 4. The molecule has 0 radical (unpaired) electrons. The average Bonchev–Trinajstić information content (AvgIpc) is 2.74. The van der Waals surface area contributed by atoms with Crippen molar-refractivity contribution >= 4 is 5.97 Å². The highest BCUT2D eigenvalue weighted by Gasteiger charge is 2.55. The maximum atomic E-state index is 10.6. The number of nitrogens with zero attached hydrogens (tertiary/aromatic N) is 1. The number of hydrogen-bond donors (Lipinski definition) is 1. The fourth-order valence-electron chi connectivity index (χ4n) is 3.21. The molecule has 90 valence electrons. The van der Waals surface area contributed by atoms with Gasteiger partial charge in [-0.15, -0.1) is 0 Å². The number of aliphatic carboxylic acids is 1. The van der Waals surface area contributed by atoms with Crippen molar-refractivity contribution in [1.29, 1.82) is 0 Å². The molecule has 1 saturated heterocycles. The third kappa shape index (κ3) is 2.20. The second-order valence-corrected chi connectivity index (χ2v) is 5.27. The van der Waals surface area contributed by atoms with E-state index in [1.165, 1.54) is 5.56 Å². The Morgan fingerprint density at radius 2 is 1.88 bits per heavy atom. The minimum atomic E-state index is -0.640. The van der Waals surface area contributed by atoms with Gasteiger partial charge >= 0.3 is 5.97 Å². The van der Waals surface area contributed by atoms with Crippen molar-refractivity contribution in [2.24, 2.45) is 17.8 Å². The van der Waals surface area contributed by atoms with Gasteiger partial charge in [-0.3, -0.25) is 9.69 Å². The third-order valence-corrected chi connectivity index (χ3v) is 4.11. The molecule has 0 aromatic heterocycles. The molecule has 1 aromatic rings. The Kier molecular flexibility index (Phi) is 2.63. The largest absolute Gasteiger partial charge is 0.481 e. The Morgan fingerprint density at radius 3 is 2.47 bits per heavy atom. The molecule has 1 N–H and O–H groups in total. The van der Waals surface area contributed by atoms with Crippen LogP contribution in [-0.4, -0.2) is 29.1 Å². The van der Waals surface area contributed by atoms with Crippen molar-refractivity contribution in [1.82, 2.24) is 4.90 Å². The van der Waals surface area contributed by atoms with Crippen LogP contribution < -0.4 is 0 Å². The number of hydrogen-bond acceptors (Lipinski definition) is 2. The molecule has 3 heteroatoms. The Bertz CT molecular complexity index is 405. The van der Waals surface area contributed by atoms with E-state index in [0.29, 0.717) is 24.2 Å². The molecule has 1 aliphatic carbocycles. The molecule has 17 heavy (non-hydrogen) atoms. The highest BCUT2D eigenvalue weighted by molar-refractivity contribution is 5.67. The standard InChI is InChI=1S/C14H17NO2/c16-14(17)6-11-12-8-15(9-13(11)12)7-10-4-2-1-3-5-10/h1-5,11-13H,6-9H2,(H,16,17)/t11-,12+,13-. The van der Waals surface area contributed by atoms with Gasteiger partial charge in [0.25, 0.3) is 0 Å². The lowest BCUT2D eigenvalue weighted by molar-refractivity contribution is -0.137. The first-order valence-corrected chi connectivity index (χ1v) is 6.22. The number of fused-ring (bicyclic) bond motifs is 1. The van der Waals surface area contributed by atoms with E-state index in [9.17, 15) is 4.79 Å². The van der Waals surface area contributed by atoms with Crippen molar-refractivity contribution in [3.8, 4) is 0 Å². The van der Waals surface area contributed by atoms with Crippen LogP contribution in [0.5, 0.6) is 0 Å². The van der Waals surface area contributed by atoms with E-state index in [1.54, 1.807) is 0 Å². The zero-order valence-electron chi connectivity index (χ0n) is 9.75. The Balaban J connectivity index is 1.51. The van der Waals surface area contributed by atoms with Gasteiger partial charge < -0.3 is 5.11 Å². The van der Waals surface area contributed by atoms with Crippen molar-refractivity contribution in [3.05, 3.63) is 35.9 Å². The van der Waals surface area contributed by atoms with Gasteiger partial charge in [0.1, 0.15) is 0 Å². The maximum absolute atomic E-state index is 10.6. The number of piperidine rings is 1. The minimum Gasteiger partial charge on any atom is -0.481 e. The SMILES string of the molecule is O=C(O)C[C@H]1[C@H]2CN(Cc3ccccc3)C[C@@H]12. The van der Waals surface area contributed by atoms with E-state index in [0.717, 1.165) is 19.6 Å². The number of carboxylic acids is 1. The van der Waals surface area contributed by atoms with Gasteiger partial charge in [-0.1, -0.05) is 30.3 Å². The van der Waals surface area contributed by atoms with Crippen LogP contribution in [0.15, 0.2) is 30.3 Å². The van der Waals surface area contributed by atoms with Gasteiger partial charge in [0.2, 0.25) is 0 Å². The second-order valence-electron chi connectivity index (χ2n) is 5.27. The molecule has 2 aliphatic rings. The van der Waals surface area contributed by atoms with E-state index in [-0.39, 0.29) is 0 Å². The molecule has 2 fully saturated rings. The van der Waals surface area contributed by atoms with E-state index < -0.39 is 5.97 Å². The Morgan fingerprint density at radius 1 is 1.24 bits per heavy atom. The lowest BCUT2D eigenvalue weighted by atomic mass is 10.1. The predicted octanol–water partition coefficient (Wildman–Crippen LogP) is 1.84. The molecule has 3 atom stereocenters. The summed E-state index contributed by atoms with van der Waals surface area (Å²) in [6.07, 6.45) is 0.370. The first-order chi connectivity index (χ1) is 8.24. The normalized spacial score (nSPS) is 31.2. The first kappa shape index (κ1) is 10.8. The third-order valence-electron chi connectivity index (χ3n) is 4.11. The average molecular weight is 231 g/mol. The molecule has 1 aliphatic heterocycles. The Labute approximate surface area is 101 Å². The van der Waals surface area contributed by atoms with Crippen LogP contribution in [0.4, 0.5) is 0 Å². The van der Waals surface area contributed by atoms with Crippen molar-refractivity contribution in [2.45, 2.75) is 13.0 Å². The van der Waals surface area contributed by atoms with Crippen LogP contribution in [0.2, 0.25) is 0 Å². The van der Waals surface area contributed by atoms with E-state index in [1.807, 2.05) is 6.07 Å². The summed E-state index contributed by atoms with van der Waals surface area (Å²) in [7, 11) is 0. The topological polar surface area (TPSA) is 40.5 Å². The van der Waals surface area contributed by atoms with Crippen LogP contribution in [-0.2, 0) is 11.3 Å². The van der Waals surface area contributed by atoms with Crippen LogP contribution in [0.1, 0.15) is 12.0 Å². The highest BCUT2D eigenvalue weighted by atomic mass is 16.4. The molecule has 0 unspecified atom stereocenters. The molecule has 3 rings (SSSR count). The number of carbonyl (C=O) groups is 1. The highest BCUT2D eigenvalue weighted by Crippen LogP contribution is 2.53. The van der Waals surface area contributed by atoms with Crippen molar-refractivity contribution in [2.75, 3.05) is 13.1 Å². The fraction of sp³-hybridized carbons (Fsp3) is 0.500. The van der Waals surface area contributed by atoms with Crippen molar-refractivity contribution in [3.63, 3.8) is 0 Å². The zero-order valence-corrected chi connectivity index (χ0v) is 9.75. The summed E-state index contributed by atoms with van der Waals surface area (Å²) >= 11 is 0. The summed E-state index contributed by atoms with van der Waals surface area (Å²) in [5.41, 5.74) is 1.35. The van der Waals surface area contributed by atoms with Gasteiger partial charge in [0, 0.05) is 26.1 Å². The van der Waals surface area contributed by atoms with Crippen LogP contribution in [0, 0.1) is 17.8 Å². The van der Waals surface area contributed by atoms with Crippen LogP contribution in [0.3, 0.4) is 0 Å². The van der Waals surface area contributed by atoms with Crippen molar-refractivity contribution < 1.29 is 9.90 Å². The fourth-order valence-corrected chi connectivity index (χ4v) is 3.21. The second kappa shape index (κ2) is 4.15. The summed E-state index contributed by atoms with van der Waals surface area (Å²) in [5.74, 6) is 1.11. The molecule has 0 bridgehead atoms. The summed E-state index contributed by atoms with van der Waals surface area (Å²) in [4.78, 5) is 13.1. The monoisotopic (exact) mass is 231 g/mol. The van der Waals surface area contributed by atoms with Gasteiger partial charge in [-0.2, -0.15) is 0 Å². The molecular weight excluding hydrogens is 214 g/mol. The lowest BCUT2D eigenvalue weighted by Crippen LogP contribution is -2.24. The number of carboxylic acid groups (broad SMARTS) is 1. The molecular formula is C14H17NO2. The minimum absolute atomic E-state index is 0.370. The molecule has 1 aromatic carbocycles. The summed E-state index contributed by atoms with van der Waals surface area (Å²) in [5, 5.41) is 8.77. The predicted molar refractivity (Wildman–Crippen MR) is 64.4 cm³/mol. The number of likely N-dealkylation sites (tertiary alicyclic amines) is 1. The van der Waals surface area contributed by atoms with E-state index in [4.69, 9.17) is 5.11 Å². The maximum Gasteiger partial charge on any atom is 0.303 e. The van der Waals surface area contributed by atoms with Crippen LogP contribution in [0.25, 0.3) is 0 Å². The smallest absolute Gasteiger partial charge is 0.303 e. The zero-order chi connectivity index (χ0) is 11.8. The lowest BCUT2D eigenvalue weighted by Gasteiger charge is -2.18. The van der Waals surface area contributed by atoms with Gasteiger partial charge in [0.15, 0.2) is 0 Å². The molecule has 0 spiro atoms. The summed E-state index contributed by atoms with van der Waals surface area (Å²) in [6.45, 7) is 3.17. The molecule has 1 saturated carbocycles. The quantitative estimate of drug-likeness (QED) is 0.859. The first-order valence-electron chi connectivity index (χ1n) is 6.22. The van der Waals surface area contributed by atoms with E-state index >= 15 is 0 Å². The summed E-state index contributed by atoms with van der Waals surface area (Å²) in [6, 6.07) is 10.5. The molecule has 1 heterocycles. The Hall–Kier alpha value is -1.35. The van der Waals surface area contributed by atoms with Gasteiger partial charge in [0.05, 0.1) is 0 Å². The molecule has 3 nitrogen and oxygen atoms in total. The summed E-state index contributed by atoms with van der Waals surface area (Å²) < 4.78 is 0. The number of benzene rings is 1.